The zero-order chi connectivity index (χ0) is 12.3. The lowest BCUT2D eigenvalue weighted by Gasteiger charge is -2.20. The van der Waals surface area contributed by atoms with Crippen molar-refractivity contribution >= 4 is 0 Å². The molecule has 0 saturated heterocycles. The Hall–Kier alpha value is -0.830. The van der Waals surface area contributed by atoms with Gasteiger partial charge in [0.1, 0.15) is 0 Å². The number of aryl methyl sites for hydroxylation is 1. The van der Waals surface area contributed by atoms with Crippen LogP contribution in [-0.4, -0.2) is 15.6 Å². The van der Waals surface area contributed by atoms with Gasteiger partial charge in [0, 0.05) is 25.3 Å². The SMILES string of the molecule is CCCn1cncc1CNC1CCC(C)C1C. The predicted molar refractivity (Wildman–Crippen MR) is 70.7 cm³/mol. The molecule has 1 heterocycles. The molecule has 1 fully saturated rings. The van der Waals surface area contributed by atoms with E-state index in [4.69, 9.17) is 0 Å². The van der Waals surface area contributed by atoms with Gasteiger partial charge < -0.3 is 9.88 Å². The first kappa shape index (κ1) is 12.6. The minimum Gasteiger partial charge on any atom is -0.333 e. The lowest BCUT2D eigenvalue weighted by molar-refractivity contribution is 0.366. The molecule has 0 bridgehead atoms. The Balaban J connectivity index is 1.87. The average Bonchev–Trinajstić information content (AvgIpc) is 2.87. The van der Waals surface area contributed by atoms with E-state index in [1.807, 2.05) is 12.5 Å². The summed E-state index contributed by atoms with van der Waals surface area (Å²) in [6, 6.07) is 0.690. The first-order valence-electron chi connectivity index (χ1n) is 6.94. The second-order valence-corrected chi connectivity index (χ2v) is 5.48. The highest BCUT2D eigenvalue weighted by molar-refractivity contribution is 4.99. The van der Waals surface area contributed by atoms with Crippen LogP contribution in [0.25, 0.3) is 0 Å². The number of hydrogen-bond donors (Lipinski definition) is 1. The lowest BCUT2D eigenvalue weighted by atomic mass is 9.98. The summed E-state index contributed by atoms with van der Waals surface area (Å²) in [5, 5.41) is 3.70. The molecule has 3 nitrogen and oxygen atoms in total. The molecule has 1 aromatic rings. The molecule has 1 aliphatic rings. The van der Waals surface area contributed by atoms with E-state index in [0.29, 0.717) is 6.04 Å². The zero-order valence-corrected chi connectivity index (χ0v) is 11.3. The Morgan fingerprint density at radius 3 is 2.88 bits per heavy atom. The summed E-state index contributed by atoms with van der Waals surface area (Å²) in [4.78, 5) is 4.24. The van der Waals surface area contributed by atoms with E-state index in [1.165, 1.54) is 25.0 Å². The standard InChI is InChI=1S/C14H25N3/c1-4-7-17-10-15-8-13(17)9-16-14-6-5-11(2)12(14)3/h8,10-12,14,16H,4-7,9H2,1-3H3. The van der Waals surface area contributed by atoms with Crippen LogP contribution < -0.4 is 5.32 Å². The topological polar surface area (TPSA) is 29.9 Å². The van der Waals surface area contributed by atoms with Crippen molar-refractivity contribution in [3.63, 3.8) is 0 Å². The Morgan fingerprint density at radius 2 is 2.24 bits per heavy atom. The van der Waals surface area contributed by atoms with Gasteiger partial charge in [-0.1, -0.05) is 20.8 Å². The van der Waals surface area contributed by atoms with Crippen LogP contribution in [0.5, 0.6) is 0 Å². The summed E-state index contributed by atoms with van der Waals surface area (Å²) in [6.07, 6.45) is 7.80. The fourth-order valence-electron chi connectivity index (χ4n) is 2.83. The predicted octanol–water partition coefficient (Wildman–Crippen LogP) is 2.82. The van der Waals surface area contributed by atoms with Gasteiger partial charge in [-0.05, 0) is 31.1 Å². The molecule has 0 radical (unpaired) electrons. The van der Waals surface area contributed by atoms with Crippen molar-refractivity contribution in [2.75, 3.05) is 0 Å². The summed E-state index contributed by atoms with van der Waals surface area (Å²) >= 11 is 0. The first-order chi connectivity index (χ1) is 8.22. The van der Waals surface area contributed by atoms with Gasteiger partial charge in [-0.15, -0.1) is 0 Å². The normalized spacial score (nSPS) is 28.8. The third kappa shape index (κ3) is 2.89. The lowest BCUT2D eigenvalue weighted by Crippen LogP contribution is -2.32. The van der Waals surface area contributed by atoms with Crippen molar-refractivity contribution in [2.24, 2.45) is 11.8 Å². The molecule has 3 atom stereocenters. The Kier molecular flexibility index (Phi) is 4.21. The molecule has 0 aliphatic heterocycles. The highest BCUT2D eigenvalue weighted by atomic mass is 15.1. The van der Waals surface area contributed by atoms with Gasteiger partial charge in [0.25, 0.3) is 0 Å². The molecule has 1 aliphatic carbocycles. The monoisotopic (exact) mass is 235 g/mol. The smallest absolute Gasteiger partial charge is 0.0948 e. The highest BCUT2D eigenvalue weighted by Crippen LogP contribution is 2.31. The third-order valence-electron chi connectivity index (χ3n) is 4.27. The summed E-state index contributed by atoms with van der Waals surface area (Å²) in [5.74, 6) is 1.67. The molecule has 0 amide bonds. The third-order valence-corrected chi connectivity index (χ3v) is 4.27. The molecule has 1 saturated carbocycles. The van der Waals surface area contributed by atoms with Crippen LogP contribution in [-0.2, 0) is 13.1 Å². The van der Waals surface area contributed by atoms with E-state index < -0.39 is 0 Å². The maximum atomic E-state index is 4.24. The van der Waals surface area contributed by atoms with E-state index in [1.54, 1.807) is 0 Å². The number of imidazole rings is 1. The van der Waals surface area contributed by atoms with E-state index in [2.05, 4.69) is 35.6 Å². The first-order valence-corrected chi connectivity index (χ1v) is 6.94. The van der Waals surface area contributed by atoms with Crippen molar-refractivity contribution in [3.05, 3.63) is 18.2 Å². The molecule has 1 N–H and O–H groups in total. The molecule has 3 unspecified atom stereocenters. The van der Waals surface area contributed by atoms with Crippen molar-refractivity contribution in [1.82, 2.24) is 14.9 Å². The Morgan fingerprint density at radius 1 is 1.41 bits per heavy atom. The van der Waals surface area contributed by atoms with Gasteiger partial charge in [0.2, 0.25) is 0 Å². The van der Waals surface area contributed by atoms with Gasteiger partial charge in [0.15, 0.2) is 0 Å². The minimum absolute atomic E-state index is 0.690. The van der Waals surface area contributed by atoms with Gasteiger partial charge >= 0.3 is 0 Å². The van der Waals surface area contributed by atoms with Crippen molar-refractivity contribution in [2.45, 2.75) is 59.2 Å². The molecule has 0 spiro atoms. The Labute approximate surface area is 105 Å². The van der Waals surface area contributed by atoms with E-state index in [0.717, 1.165) is 24.9 Å². The fourth-order valence-corrected chi connectivity index (χ4v) is 2.83. The van der Waals surface area contributed by atoms with E-state index in [9.17, 15) is 0 Å². The number of nitrogens with zero attached hydrogens (tertiary/aromatic N) is 2. The van der Waals surface area contributed by atoms with Crippen molar-refractivity contribution < 1.29 is 0 Å². The summed E-state index contributed by atoms with van der Waals surface area (Å²) in [7, 11) is 0. The summed E-state index contributed by atoms with van der Waals surface area (Å²) in [5.41, 5.74) is 1.32. The van der Waals surface area contributed by atoms with Crippen LogP contribution in [0.3, 0.4) is 0 Å². The molecule has 3 heteroatoms. The summed E-state index contributed by atoms with van der Waals surface area (Å²) < 4.78 is 2.26. The van der Waals surface area contributed by atoms with Gasteiger partial charge in [-0.3, -0.25) is 0 Å². The largest absolute Gasteiger partial charge is 0.333 e. The van der Waals surface area contributed by atoms with E-state index in [-0.39, 0.29) is 0 Å². The second-order valence-electron chi connectivity index (χ2n) is 5.48. The molecular weight excluding hydrogens is 210 g/mol. The zero-order valence-electron chi connectivity index (χ0n) is 11.3. The van der Waals surface area contributed by atoms with Gasteiger partial charge in [-0.25, -0.2) is 4.98 Å². The number of hydrogen-bond acceptors (Lipinski definition) is 2. The van der Waals surface area contributed by atoms with Crippen LogP contribution in [0, 0.1) is 11.8 Å². The average molecular weight is 235 g/mol. The maximum absolute atomic E-state index is 4.24. The number of rotatable bonds is 5. The second kappa shape index (κ2) is 5.67. The van der Waals surface area contributed by atoms with Crippen LogP contribution in [0.15, 0.2) is 12.5 Å². The quantitative estimate of drug-likeness (QED) is 0.850. The van der Waals surface area contributed by atoms with Crippen LogP contribution >= 0.6 is 0 Å². The van der Waals surface area contributed by atoms with Crippen LogP contribution in [0.2, 0.25) is 0 Å². The fraction of sp³-hybridized carbons (Fsp3) is 0.786. The maximum Gasteiger partial charge on any atom is 0.0948 e. The molecule has 1 aromatic heterocycles. The molecule has 2 rings (SSSR count). The molecular formula is C14H25N3. The number of nitrogens with one attached hydrogen (secondary N) is 1. The molecule has 0 aromatic carbocycles. The van der Waals surface area contributed by atoms with Crippen LogP contribution in [0.1, 0.15) is 45.7 Å². The van der Waals surface area contributed by atoms with Crippen molar-refractivity contribution in [3.8, 4) is 0 Å². The minimum atomic E-state index is 0.690. The number of aromatic nitrogens is 2. The van der Waals surface area contributed by atoms with Gasteiger partial charge in [-0.2, -0.15) is 0 Å². The summed E-state index contributed by atoms with van der Waals surface area (Å²) in [6.45, 7) is 8.99. The van der Waals surface area contributed by atoms with E-state index >= 15 is 0 Å². The Bertz CT molecular complexity index is 345. The molecule has 17 heavy (non-hydrogen) atoms. The van der Waals surface area contributed by atoms with Gasteiger partial charge in [0.05, 0.1) is 12.0 Å². The highest BCUT2D eigenvalue weighted by Gasteiger charge is 2.29. The molecule has 96 valence electrons. The van der Waals surface area contributed by atoms with Crippen LogP contribution in [0.4, 0.5) is 0 Å². The van der Waals surface area contributed by atoms with Crippen molar-refractivity contribution in [1.29, 1.82) is 0 Å².